The van der Waals surface area contributed by atoms with Gasteiger partial charge >= 0.3 is 0 Å². The summed E-state index contributed by atoms with van der Waals surface area (Å²) in [5, 5.41) is 3.30. The van der Waals surface area contributed by atoms with Crippen molar-refractivity contribution in [2.45, 2.75) is 52.5 Å². The molecule has 7 nitrogen and oxygen atoms in total. The van der Waals surface area contributed by atoms with Gasteiger partial charge in [-0.1, -0.05) is 32.1 Å². The zero-order chi connectivity index (χ0) is 21.3. The maximum Gasteiger partial charge on any atom is 0.244 e. The van der Waals surface area contributed by atoms with Gasteiger partial charge in [-0.25, -0.2) is 18.1 Å². The first kappa shape index (κ1) is 22.3. The van der Waals surface area contributed by atoms with E-state index in [-0.39, 0.29) is 22.6 Å². The normalized spacial score (nSPS) is 12.3. The van der Waals surface area contributed by atoms with Gasteiger partial charge in [0.1, 0.15) is 10.6 Å². The molecule has 0 spiro atoms. The molecule has 0 aliphatic rings. The highest BCUT2D eigenvalue weighted by Crippen LogP contribution is 2.36. The number of benzene rings is 1. The van der Waals surface area contributed by atoms with Crippen molar-refractivity contribution in [2.24, 2.45) is 5.41 Å². The fourth-order valence-electron chi connectivity index (χ4n) is 2.40. The third-order valence-electron chi connectivity index (χ3n) is 3.80. The summed E-state index contributed by atoms with van der Waals surface area (Å²) in [4.78, 5) is 17.5. The number of hydrogen-bond acceptors (Lipinski definition) is 6. The predicted molar refractivity (Wildman–Crippen MR) is 112 cm³/mol. The fraction of sp³-hybridized carbons (Fsp3) is 0.474. The summed E-state index contributed by atoms with van der Waals surface area (Å²) in [6.07, 6.45) is 0. The molecule has 0 fully saturated rings. The minimum Gasteiger partial charge on any atom is -0.495 e. The molecule has 0 saturated carbocycles. The van der Waals surface area contributed by atoms with Gasteiger partial charge in [0.2, 0.25) is 15.9 Å². The van der Waals surface area contributed by atoms with Crippen LogP contribution in [0.2, 0.25) is 0 Å². The molecule has 1 aromatic carbocycles. The lowest BCUT2D eigenvalue weighted by atomic mass is 9.96. The SMILES string of the molecule is COc1ccc(-c2sc(NC(=O)C(C)(C)C)nc2C)cc1S(=O)(=O)NC(C)C. The Hall–Kier alpha value is -1.97. The predicted octanol–water partition coefficient (Wildman–Crippen LogP) is 3.80. The number of rotatable bonds is 6. The minimum absolute atomic E-state index is 0.0641. The summed E-state index contributed by atoms with van der Waals surface area (Å²) in [7, 11) is -2.31. The lowest BCUT2D eigenvalue weighted by Gasteiger charge is -2.15. The number of nitrogens with one attached hydrogen (secondary N) is 2. The highest BCUT2D eigenvalue weighted by Gasteiger charge is 2.24. The van der Waals surface area contributed by atoms with Crippen LogP contribution in [0.1, 0.15) is 40.3 Å². The van der Waals surface area contributed by atoms with E-state index in [0.29, 0.717) is 16.4 Å². The molecule has 0 aliphatic heterocycles. The molecule has 9 heteroatoms. The lowest BCUT2D eigenvalue weighted by molar-refractivity contribution is -0.123. The molecular formula is C19H27N3O4S2. The molecule has 1 amide bonds. The number of thiazole rings is 1. The first-order valence-electron chi connectivity index (χ1n) is 8.84. The second kappa shape index (κ2) is 8.18. The summed E-state index contributed by atoms with van der Waals surface area (Å²) < 4.78 is 33.2. The van der Waals surface area contributed by atoms with Crippen LogP contribution < -0.4 is 14.8 Å². The minimum atomic E-state index is -3.74. The quantitative estimate of drug-likeness (QED) is 0.734. The number of carbonyl (C=O) groups is 1. The molecule has 0 atom stereocenters. The first-order valence-corrected chi connectivity index (χ1v) is 11.1. The summed E-state index contributed by atoms with van der Waals surface area (Å²) in [6, 6.07) is 4.72. The average Bonchev–Trinajstić information content (AvgIpc) is 2.92. The van der Waals surface area contributed by atoms with Gasteiger partial charge < -0.3 is 10.1 Å². The number of aromatic nitrogens is 1. The maximum absolute atomic E-state index is 12.7. The van der Waals surface area contributed by atoms with Crippen molar-refractivity contribution in [1.82, 2.24) is 9.71 Å². The highest BCUT2D eigenvalue weighted by molar-refractivity contribution is 7.89. The Morgan fingerprint density at radius 2 is 1.89 bits per heavy atom. The van der Waals surface area contributed by atoms with Crippen LogP contribution in [-0.4, -0.2) is 32.5 Å². The Labute approximate surface area is 170 Å². The number of methoxy groups -OCH3 is 1. The van der Waals surface area contributed by atoms with Crippen LogP contribution in [0.4, 0.5) is 5.13 Å². The number of sulfonamides is 1. The van der Waals surface area contributed by atoms with Crippen molar-refractivity contribution in [3.63, 3.8) is 0 Å². The van der Waals surface area contributed by atoms with Crippen molar-refractivity contribution in [1.29, 1.82) is 0 Å². The topological polar surface area (TPSA) is 97.4 Å². The Morgan fingerprint density at radius 1 is 1.25 bits per heavy atom. The zero-order valence-electron chi connectivity index (χ0n) is 17.2. The Kier molecular flexibility index (Phi) is 6.52. The monoisotopic (exact) mass is 425 g/mol. The molecule has 0 unspecified atom stereocenters. The fourth-order valence-corrected chi connectivity index (χ4v) is 4.81. The third-order valence-corrected chi connectivity index (χ3v) is 6.61. The van der Waals surface area contributed by atoms with Crippen LogP contribution in [0, 0.1) is 12.3 Å². The Balaban J connectivity index is 2.47. The summed E-state index contributed by atoms with van der Waals surface area (Å²) >= 11 is 1.30. The second-order valence-corrected chi connectivity index (χ2v) is 10.5. The standard InChI is InChI=1S/C19H27N3O4S2/c1-11(2)22-28(24,25)15-10-13(8-9-14(15)26-7)16-12(3)20-18(27-16)21-17(23)19(4,5)6/h8-11,22H,1-7H3,(H,20,21,23). The van der Waals surface area contributed by atoms with Gasteiger partial charge in [-0.2, -0.15) is 0 Å². The molecule has 0 saturated heterocycles. The number of anilines is 1. The molecule has 1 heterocycles. The number of carbonyl (C=O) groups excluding carboxylic acids is 1. The highest BCUT2D eigenvalue weighted by atomic mass is 32.2. The van der Waals surface area contributed by atoms with Crippen molar-refractivity contribution in [3.8, 4) is 16.2 Å². The van der Waals surface area contributed by atoms with Crippen LogP contribution in [0.5, 0.6) is 5.75 Å². The van der Waals surface area contributed by atoms with E-state index in [1.54, 1.807) is 32.0 Å². The van der Waals surface area contributed by atoms with Gasteiger partial charge in [0.05, 0.1) is 17.7 Å². The third kappa shape index (κ3) is 5.09. The van der Waals surface area contributed by atoms with Gasteiger partial charge in [-0.3, -0.25) is 4.79 Å². The van der Waals surface area contributed by atoms with Gasteiger partial charge in [0, 0.05) is 11.5 Å². The van der Waals surface area contributed by atoms with Crippen molar-refractivity contribution in [2.75, 3.05) is 12.4 Å². The van der Waals surface area contributed by atoms with E-state index in [9.17, 15) is 13.2 Å². The number of aryl methyl sites for hydroxylation is 1. The van der Waals surface area contributed by atoms with E-state index in [4.69, 9.17) is 4.74 Å². The van der Waals surface area contributed by atoms with Crippen molar-refractivity contribution >= 4 is 32.4 Å². The number of hydrogen-bond donors (Lipinski definition) is 2. The molecule has 154 valence electrons. The smallest absolute Gasteiger partial charge is 0.244 e. The van der Waals surface area contributed by atoms with E-state index >= 15 is 0 Å². The molecule has 0 radical (unpaired) electrons. The molecule has 2 rings (SSSR count). The summed E-state index contributed by atoms with van der Waals surface area (Å²) in [5.41, 5.74) is 0.861. The van der Waals surface area contributed by atoms with Crippen molar-refractivity contribution < 1.29 is 17.9 Å². The largest absolute Gasteiger partial charge is 0.495 e. The molecular weight excluding hydrogens is 398 g/mol. The second-order valence-electron chi connectivity index (χ2n) is 7.78. The molecule has 2 N–H and O–H groups in total. The molecule has 2 aromatic rings. The summed E-state index contributed by atoms with van der Waals surface area (Å²) in [5.74, 6) is 0.132. The van der Waals surface area contributed by atoms with E-state index in [2.05, 4.69) is 15.0 Å². The van der Waals surface area contributed by atoms with Gasteiger partial charge in [0.25, 0.3) is 0 Å². The van der Waals surface area contributed by atoms with Gasteiger partial charge in [0.15, 0.2) is 5.13 Å². The van der Waals surface area contributed by atoms with E-state index in [0.717, 1.165) is 4.88 Å². The number of nitrogens with zero attached hydrogens (tertiary/aromatic N) is 1. The molecule has 1 aromatic heterocycles. The van der Waals surface area contributed by atoms with Gasteiger partial charge in [-0.15, -0.1) is 0 Å². The number of amides is 1. The van der Waals surface area contributed by atoms with Crippen LogP contribution in [0.25, 0.3) is 10.4 Å². The van der Waals surface area contributed by atoms with E-state index in [1.165, 1.54) is 18.4 Å². The van der Waals surface area contributed by atoms with Crippen LogP contribution in [-0.2, 0) is 14.8 Å². The summed E-state index contributed by atoms with van der Waals surface area (Å²) in [6.45, 7) is 10.8. The lowest BCUT2D eigenvalue weighted by Crippen LogP contribution is -2.30. The first-order chi connectivity index (χ1) is 12.8. The molecule has 0 bridgehead atoms. The Morgan fingerprint density at radius 3 is 2.43 bits per heavy atom. The van der Waals surface area contributed by atoms with Crippen LogP contribution in [0.15, 0.2) is 23.1 Å². The van der Waals surface area contributed by atoms with Crippen LogP contribution in [0.3, 0.4) is 0 Å². The average molecular weight is 426 g/mol. The molecule has 28 heavy (non-hydrogen) atoms. The van der Waals surface area contributed by atoms with E-state index in [1.807, 2.05) is 27.7 Å². The Bertz CT molecular complexity index is 974. The molecule has 0 aliphatic carbocycles. The number of ether oxygens (including phenoxy) is 1. The van der Waals surface area contributed by atoms with Crippen molar-refractivity contribution in [3.05, 3.63) is 23.9 Å². The van der Waals surface area contributed by atoms with Crippen LogP contribution >= 0.6 is 11.3 Å². The van der Waals surface area contributed by atoms with E-state index < -0.39 is 15.4 Å². The maximum atomic E-state index is 12.7. The van der Waals surface area contributed by atoms with Gasteiger partial charge in [-0.05, 0) is 44.5 Å². The zero-order valence-corrected chi connectivity index (χ0v) is 18.8.